The van der Waals surface area contributed by atoms with E-state index >= 15 is 0 Å². The van der Waals surface area contributed by atoms with E-state index in [1.165, 1.54) is 5.56 Å². The SMILES string of the molecule is CC(C)C(O)CCNCc1cnn(C)c1. The third kappa shape index (κ3) is 4.44. The van der Waals surface area contributed by atoms with E-state index in [1.54, 1.807) is 4.68 Å². The Kier molecular flexibility index (Phi) is 4.78. The molecule has 0 bridgehead atoms. The molecule has 1 heterocycles. The number of nitrogens with one attached hydrogen (secondary N) is 1. The second-order valence-electron chi connectivity index (χ2n) is 4.30. The van der Waals surface area contributed by atoms with Crippen LogP contribution >= 0.6 is 0 Å². The average molecular weight is 211 g/mol. The van der Waals surface area contributed by atoms with Crippen molar-refractivity contribution in [2.24, 2.45) is 13.0 Å². The van der Waals surface area contributed by atoms with Gasteiger partial charge in [-0.2, -0.15) is 5.10 Å². The van der Waals surface area contributed by atoms with Crippen molar-refractivity contribution in [3.63, 3.8) is 0 Å². The second kappa shape index (κ2) is 5.88. The van der Waals surface area contributed by atoms with Crippen LogP contribution in [0.1, 0.15) is 25.8 Å². The van der Waals surface area contributed by atoms with Crippen LogP contribution < -0.4 is 5.32 Å². The molecule has 1 aromatic rings. The molecule has 0 aliphatic rings. The van der Waals surface area contributed by atoms with Gasteiger partial charge in [0.25, 0.3) is 0 Å². The topological polar surface area (TPSA) is 50.1 Å². The van der Waals surface area contributed by atoms with Crippen LogP contribution in [0.3, 0.4) is 0 Å². The molecule has 2 N–H and O–H groups in total. The second-order valence-corrected chi connectivity index (χ2v) is 4.30. The number of aromatic nitrogens is 2. The van der Waals surface area contributed by atoms with Crippen LogP contribution in [0.2, 0.25) is 0 Å². The van der Waals surface area contributed by atoms with E-state index in [4.69, 9.17) is 0 Å². The molecular formula is C11H21N3O. The predicted octanol–water partition coefficient (Wildman–Crippen LogP) is 0.917. The minimum atomic E-state index is -0.202. The molecule has 0 saturated heterocycles. The van der Waals surface area contributed by atoms with Crippen LogP contribution in [0.15, 0.2) is 12.4 Å². The van der Waals surface area contributed by atoms with E-state index in [-0.39, 0.29) is 6.10 Å². The molecule has 0 aliphatic carbocycles. The maximum absolute atomic E-state index is 9.57. The lowest BCUT2D eigenvalue weighted by Gasteiger charge is -2.14. The van der Waals surface area contributed by atoms with Gasteiger partial charge in [0.2, 0.25) is 0 Å². The molecule has 86 valence electrons. The summed E-state index contributed by atoms with van der Waals surface area (Å²) in [6.07, 6.45) is 4.45. The zero-order valence-electron chi connectivity index (χ0n) is 9.77. The van der Waals surface area contributed by atoms with E-state index in [0.29, 0.717) is 5.92 Å². The van der Waals surface area contributed by atoms with Crippen molar-refractivity contribution < 1.29 is 5.11 Å². The fraction of sp³-hybridized carbons (Fsp3) is 0.727. The van der Waals surface area contributed by atoms with Crippen molar-refractivity contribution in [2.45, 2.75) is 32.9 Å². The molecule has 1 rings (SSSR count). The summed E-state index contributed by atoms with van der Waals surface area (Å²) in [5.41, 5.74) is 1.18. The highest BCUT2D eigenvalue weighted by atomic mass is 16.3. The molecule has 0 fully saturated rings. The molecular weight excluding hydrogens is 190 g/mol. The van der Waals surface area contributed by atoms with Gasteiger partial charge < -0.3 is 10.4 Å². The number of nitrogens with zero attached hydrogens (tertiary/aromatic N) is 2. The lowest BCUT2D eigenvalue weighted by atomic mass is 10.0. The van der Waals surface area contributed by atoms with Gasteiger partial charge in [0.1, 0.15) is 0 Å². The van der Waals surface area contributed by atoms with Crippen molar-refractivity contribution >= 4 is 0 Å². The highest BCUT2D eigenvalue weighted by Crippen LogP contribution is 2.04. The summed E-state index contributed by atoms with van der Waals surface area (Å²) in [5, 5.41) is 16.9. The summed E-state index contributed by atoms with van der Waals surface area (Å²) in [5.74, 6) is 0.338. The van der Waals surface area contributed by atoms with Gasteiger partial charge in [-0.1, -0.05) is 13.8 Å². The van der Waals surface area contributed by atoms with Crippen LogP contribution in [0.5, 0.6) is 0 Å². The minimum Gasteiger partial charge on any atom is -0.393 e. The summed E-state index contributed by atoms with van der Waals surface area (Å²) in [6.45, 7) is 5.73. The molecule has 0 aliphatic heterocycles. The summed E-state index contributed by atoms with van der Waals surface area (Å²) in [7, 11) is 1.91. The minimum absolute atomic E-state index is 0.202. The quantitative estimate of drug-likeness (QED) is 0.688. The molecule has 0 saturated carbocycles. The van der Waals surface area contributed by atoms with Crippen LogP contribution in [0.25, 0.3) is 0 Å². The van der Waals surface area contributed by atoms with Gasteiger partial charge in [0.15, 0.2) is 0 Å². The van der Waals surface area contributed by atoms with Crippen molar-refractivity contribution in [3.8, 4) is 0 Å². The Balaban J connectivity index is 2.12. The molecule has 1 atom stereocenters. The molecule has 4 heteroatoms. The van der Waals surface area contributed by atoms with Crippen molar-refractivity contribution in [2.75, 3.05) is 6.54 Å². The van der Waals surface area contributed by atoms with Crippen molar-refractivity contribution in [3.05, 3.63) is 18.0 Å². The van der Waals surface area contributed by atoms with Crippen molar-refractivity contribution in [1.82, 2.24) is 15.1 Å². The number of aryl methyl sites for hydroxylation is 1. The molecule has 0 aromatic carbocycles. The molecule has 0 spiro atoms. The summed E-state index contributed by atoms with van der Waals surface area (Å²) in [6, 6.07) is 0. The summed E-state index contributed by atoms with van der Waals surface area (Å²) in [4.78, 5) is 0. The number of aliphatic hydroxyl groups is 1. The Bertz CT molecular complexity index is 283. The molecule has 1 unspecified atom stereocenters. The smallest absolute Gasteiger partial charge is 0.0575 e. The molecule has 4 nitrogen and oxygen atoms in total. The van der Waals surface area contributed by atoms with E-state index < -0.39 is 0 Å². The Labute approximate surface area is 91.3 Å². The van der Waals surface area contributed by atoms with E-state index in [2.05, 4.69) is 10.4 Å². The standard InChI is InChI=1S/C11H21N3O/c1-9(2)11(15)4-5-12-6-10-7-13-14(3)8-10/h7-9,11-12,15H,4-6H2,1-3H3. The van der Waals surface area contributed by atoms with Crippen LogP contribution in [-0.2, 0) is 13.6 Å². The molecule has 0 radical (unpaired) electrons. The Morgan fingerprint density at radius 1 is 1.53 bits per heavy atom. The van der Waals surface area contributed by atoms with Gasteiger partial charge >= 0.3 is 0 Å². The Hall–Kier alpha value is -0.870. The average Bonchev–Trinajstić information content (AvgIpc) is 2.58. The lowest BCUT2D eigenvalue weighted by Crippen LogP contribution is -2.23. The van der Waals surface area contributed by atoms with E-state index in [1.807, 2.05) is 33.3 Å². The third-order valence-electron chi connectivity index (χ3n) is 2.47. The maximum Gasteiger partial charge on any atom is 0.0575 e. The van der Waals surface area contributed by atoms with E-state index in [9.17, 15) is 5.11 Å². The monoisotopic (exact) mass is 211 g/mol. The first kappa shape index (κ1) is 12.2. The fourth-order valence-corrected chi connectivity index (χ4v) is 1.38. The number of hydrogen-bond donors (Lipinski definition) is 2. The largest absolute Gasteiger partial charge is 0.393 e. The first-order chi connectivity index (χ1) is 7.09. The lowest BCUT2D eigenvalue weighted by molar-refractivity contribution is 0.116. The zero-order chi connectivity index (χ0) is 11.3. The maximum atomic E-state index is 9.57. The molecule has 15 heavy (non-hydrogen) atoms. The van der Waals surface area contributed by atoms with Crippen LogP contribution in [0, 0.1) is 5.92 Å². The third-order valence-corrected chi connectivity index (χ3v) is 2.47. The Morgan fingerprint density at radius 2 is 2.27 bits per heavy atom. The first-order valence-corrected chi connectivity index (χ1v) is 5.46. The number of hydrogen-bond acceptors (Lipinski definition) is 3. The number of aliphatic hydroxyl groups excluding tert-OH is 1. The van der Waals surface area contributed by atoms with Crippen LogP contribution in [-0.4, -0.2) is 27.5 Å². The highest BCUT2D eigenvalue weighted by Gasteiger charge is 2.07. The van der Waals surface area contributed by atoms with Gasteiger partial charge in [-0.15, -0.1) is 0 Å². The van der Waals surface area contributed by atoms with Gasteiger partial charge in [0, 0.05) is 25.4 Å². The zero-order valence-corrected chi connectivity index (χ0v) is 9.77. The predicted molar refractivity (Wildman–Crippen MR) is 60.4 cm³/mol. The highest BCUT2D eigenvalue weighted by molar-refractivity contribution is 5.02. The van der Waals surface area contributed by atoms with Crippen LogP contribution in [0.4, 0.5) is 0 Å². The summed E-state index contributed by atoms with van der Waals surface area (Å²) < 4.78 is 1.79. The van der Waals surface area contributed by atoms with Gasteiger partial charge in [0.05, 0.1) is 12.3 Å². The first-order valence-electron chi connectivity index (χ1n) is 5.46. The number of rotatable bonds is 6. The van der Waals surface area contributed by atoms with Gasteiger partial charge in [-0.25, -0.2) is 0 Å². The molecule has 0 amide bonds. The van der Waals surface area contributed by atoms with Crippen molar-refractivity contribution in [1.29, 1.82) is 0 Å². The molecule has 1 aromatic heterocycles. The van der Waals surface area contributed by atoms with Gasteiger partial charge in [-0.05, 0) is 18.9 Å². The summed E-state index contributed by atoms with van der Waals surface area (Å²) >= 11 is 0. The Morgan fingerprint density at radius 3 is 2.80 bits per heavy atom. The van der Waals surface area contributed by atoms with E-state index in [0.717, 1.165) is 19.5 Å². The normalized spacial score (nSPS) is 13.4. The fourth-order valence-electron chi connectivity index (χ4n) is 1.38. The van der Waals surface area contributed by atoms with Gasteiger partial charge in [-0.3, -0.25) is 4.68 Å².